The zero-order chi connectivity index (χ0) is 24.1. The number of nitrogens with zero attached hydrogens (tertiary/aromatic N) is 3. The predicted octanol–water partition coefficient (Wildman–Crippen LogP) is 8.67. The van der Waals surface area contributed by atoms with Crippen molar-refractivity contribution in [2.24, 2.45) is 0 Å². The maximum absolute atomic E-state index is 5.17. The number of imidazole rings is 1. The van der Waals surface area contributed by atoms with Gasteiger partial charge in [-0.2, -0.15) is 0 Å². The van der Waals surface area contributed by atoms with Gasteiger partial charge in [0.05, 0.1) is 21.6 Å². The number of para-hydroxylation sites is 3. The summed E-state index contributed by atoms with van der Waals surface area (Å²) in [7, 11) is 0. The Balaban J connectivity index is 1.50. The average Bonchev–Trinajstić information content (AvgIpc) is 3.65. The molecular formula is C32H23N3S. The summed E-state index contributed by atoms with van der Waals surface area (Å²) in [6, 6.07) is 40.7. The van der Waals surface area contributed by atoms with Crippen molar-refractivity contribution < 1.29 is 0 Å². The average molecular weight is 482 g/mol. The van der Waals surface area contributed by atoms with Crippen molar-refractivity contribution in [2.75, 3.05) is 0 Å². The van der Waals surface area contributed by atoms with E-state index in [1.807, 2.05) is 6.07 Å². The van der Waals surface area contributed by atoms with Gasteiger partial charge in [0.2, 0.25) is 0 Å². The molecule has 172 valence electrons. The normalized spacial score (nSPS) is 11.5. The summed E-state index contributed by atoms with van der Waals surface area (Å²) >= 11 is 1.78. The van der Waals surface area contributed by atoms with Crippen LogP contribution >= 0.6 is 11.3 Å². The minimum atomic E-state index is 0.939. The van der Waals surface area contributed by atoms with Gasteiger partial charge >= 0.3 is 0 Å². The Morgan fingerprint density at radius 1 is 0.639 bits per heavy atom. The first kappa shape index (κ1) is 20.9. The van der Waals surface area contributed by atoms with E-state index in [0.717, 1.165) is 28.5 Å². The highest BCUT2D eigenvalue weighted by atomic mass is 32.1. The molecule has 0 N–H and O–H groups in total. The van der Waals surface area contributed by atoms with E-state index in [9.17, 15) is 0 Å². The topological polar surface area (TPSA) is 22.8 Å². The van der Waals surface area contributed by atoms with Crippen LogP contribution < -0.4 is 0 Å². The second-order valence-electron chi connectivity index (χ2n) is 8.99. The second kappa shape index (κ2) is 8.36. The lowest BCUT2D eigenvalue weighted by atomic mass is 10.1. The Labute approximate surface area is 213 Å². The van der Waals surface area contributed by atoms with Crippen molar-refractivity contribution in [3.05, 3.63) is 126 Å². The van der Waals surface area contributed by atoms with Crippen LogP contribution in [0, 0.1) is 6.92 Å². The molecule has 3 heterocycles. The van der Waals surface area contributed by atoms with Crippen LogP contribution in [0.2, 0.25) is 0 Å². The Kier molecular flexibility index (Phi) is 4.86. The Hall–Kier alpha value is -4.41. The molecule has 0 amide bonds. The largest absolute Gasteiger partial charge is 0.309 e. The summed E-state index contributed by atoms with van der Waals surface area (Å²) in [5.41, 5.74) is 6.72. The highest BCUT2D eigenvalue weighted by molar-refractivity contribution is 7.15. The maximum atomic E-state index is 5.17. The number of thiophene rings is 1. The molecule has 3 nitrogen and oxygen atoms in total. The molecule has 0 radical (unpaired) electrons. The van der Waals surface area contributed by atoms with Gasteiger partial charge in [0, 0.05) is 38.8 Å². The standard InChI is InChI=1S/C32H23N3S/c1-22-16-19-31(36-22)28-21-34(24-10-4-2-5-11-24)32(33-28)23-17-18-27-26-14-8-9-15-29(26)35(30(27)20-23)25-12-6-3-7-13-25/h2-21H,1H3. The predicted molar refractivity (Wildman–Crippen MR) is 151 cm³/mol. The lowest BCUT2D eigenvalue weighted by Crippen LogP contribution is -1.97. The SMILES string of the molecule is Cc1ccc(-c2cn(-c3ccccc3)c(-c3ccc4c5ccccc5n(-c5ccccc5)c4c3)n2)s1. The first-order valence-electron chi connectivity index (χ1n) is 12.1. The van der Waals surface area contributed by atoms with E-state index in [1.165, 1.54) is 31.6 Å². The molecule has 36 heavy (non-hydrogen) atoms. The number of aryl methyl sites for hydroxylation is 1. The Morgan fingerprint density at radius 2 is 1.33 bits per heavy atom. The monoisotopic (exact) mass is 481 g/mol. The molecular weight excluding hydrogens is 458 g/mol. The molecule has 0 atom stereocenters. The molecule has 0 spiro atoms. The van der Waals surface area contributed by atoms with E-state index in [4.69, 9.17) is 4.98 Å². The summed E-state index contributed by atoms with van der Waals surface area (Å²) in [5, 5.41) is 2.49. The molecule has 4 aromatic carbocycles. The van der Waals surface area contributed by atoms with Gasteiger partial charge in [0.15, 0.2) is 0 Å². The Morgan fingerprint density at radius 3 is 2.08 bits per heavy atom. The summed E-state index contributed by atoms with van der Waals surface area (Å²) < 4.78 is 4.56. The van der Waals surface area contributed by atoms with Gasteiger partial charge in [-0.3, -0.25) is 4.57 Å². The van der Waals surface area contributed by atoms with E-state index < -0.39 is 0 Å². The van der Waals surface area contributed by atoms with Crippen molar-refractivity contribution in [1.29, 1.82) is 0 Å². The molecule has 3 aromatic heterocycles. The zero-order valence-corrected chi connectivity index (χ0v) is 20.6. The fraction of sp³-hybridized carbons (Fsp3) is 0.0312. The van der Waals surface area contributed by atoms with Crippen molar-refractivity contribution >= 4 is 33.1 Å². The lowest BCUT2D eigenvalue weighted by molar-refractivity contribution is 1.07. The van der Waals surface area contributed by atoms with Crippen LogP contribution in [0.15, 0.2) is 121 Å². The van der Waals surface area contributed by atoms with E-state index in [0.29, 0.717) is 0 Å². The van der Waals surface area contributed by atoms with Crippen LogP contribution in [0.1, 0.15) is 4.88 Å². The molecule has 0 unspecified atom stereocenters. The summed E-state index contributed by atoms with van der Waals surface area (Å²) in [6.45, 7) is 2.14. The first-order chi connectivity index (χ1) is 17.8. The van der Waals surface area contributed by atoms with Crippen molar-refractivity contribution in [3.63, 3.8) is 0 Å². The van der Waals surface area contributed by atoms with Gasteiger partial charge in [-0.15, -0.1) is 11.3 Å². The number of fused-ring (bicyclic) bond motifs is 3. The molecule has 7 rings (SSSR count). The fourth-order valence-corrected chi connectivity index (χ4v) is 5.85. The zero-order valence-electron chi connectivity index (χ0n) is 19.8. The molecule has 0 saturated heterocycles. The third-order valence-electron chi connectivity index (χ3n) is 6.68. The minimum Gasteiger partial charge on any atom is -0.309 e. The van der Waals surface area contributed by atoms with Crippen LogP contribution in [0.5, 0.6) is 0 Å². The smallest absolute Gasteiger partial charge is 0.145 e. The third-order valence-corrected chi connectivity index (χ3v) is 7.70. The van der Waals surface area contributed by atoms with E-state index in [-0.39, 0.29) is 0 Å². The molecule has 4 heteroatoms. The van der Waals surface area contributed by atoms with E-state index >= 15 is 0 Å². The molecule has 0 fully saturated rings. The molecule has 0 aliphatic rings. The van der Waals surface area contributed by atoms with Crippen LogP contribution in [0.25, 0.3) is 55.1 Å². The molecule has 0 aliphatic carbocycles. The van der Waals surface area contributed by atoms with Crippen LogP contribution in [0.4, 0.5) is 0 Å². The molecule has 0 saturated carbocycles. The van der Waals surface area contributed by atoms with Crippen molar-refractivity contribution in [1.82, 2.24) is 14.1 Å². The van der Waals surface area contributed by atoms with Gasteiger partial charge in [0.1, 0.15) is 5.82 Å². The number of rotatable bonds is 4. The van der Waals surface area contributed by atoms with Gasteiger partial charge in [-0.1, -0.05) is 66.7 Å². The highest BCUT2D eigenvalue weighted by Gasteiger charge is 2.17. The quantitative estimate of drug-likeness (QED) is 0.247. The molecule has 0 bridgehead atoms. The second-order valence-corrected chi connectivity index (χ2v) is 10.3. The summed E-state index contributed by atoms with van der Waals surface area (Å²) in [5.74, 6) is 0.939. The lowest BCUT2D eigenvalue weighted by Gasteiger charge is -2.10. The number of benzene rings is 4. The van der Waals surface area contributed by atoms with Crippen molar-refractivity contribution in [3.8, 4) is 33.3 Å². The highest BCUT2D eigenvalue weighted by Crippen LogP contribution is 2.36. The molecule has 7 aromatic rings. The van der Waals surface area contributed by atoms with Crippen LogP contribution in [0.3, 0.4) is 0 Å². The summed E-state index contributed by atoms with van der Waals surface area (Å²) in [4.78, 5) is 7.64. The fourth-order valence-electron chi connectivity index (χ4n) is 5.03. The summed E-state index contributed by atoms with van der Waals surface area (Å²) in [6.07, 6.45) is 2.16. The van der Waals surface area contributed by atoms with Crippen molar-refractivity contribution in [2.45, 2.75) is 6.92 Å². The van der Waals surface area contributed by atoms with Gasteiger partial charge in [-0.05, 0) is 55.5 Å². The number of hydrogen-bond donors (Lipinski definition) is 0. The molecule has 0 aliphatic heterocycles. The Bertz CT molecular complexity index is 1840. The number of hydrogen-bond acceptors (Lipinski definition) is 2. The minimum absolute atomic E-state index is 0.939. The maximum Gasteiger partial charge on any atom is 0.145 e. The van der Waals surface area contributed by atoms with Crippen LogP contribution in [-0.2, 0) is 0 Å². The first-order valence-corrected chi connectivity index (χ1v) is 12.9. The van der Waals surface area contributed by atoms with Crippen LogP contribution in [-0.4, -0.2) is 14.1 Å². The van der Waals surface area contributed by atoms with Gasteiger partial charge < -0.3 is 4.57 Å². The van der Waals surface area contributed by atoms with E-state index in [1.54, 1.807) is 11.3 Å². The van der Waals surface area contributed by atoms with E-state index in [2.05, 4.69) is 131 Å². The van der Waals surface area contributed by atoms with Gasteiger partial charge in [-0.25, -0.2) is 4.98 Å². The number of aromatic nitrogens is 3. The third kappa shape index (κ3) is 3.38. The van der Waals surface area contributed by atoms with Gasteiger partial charge in [0.25, 0.3) is 0 Å².